The fourth-order valence-electron chi connectivity index (χ4n) is 2.03. The summed E-state index contributed by atoms with van der Waals surface area (Å²) in [6.45, 7) is 2.02. The predicted molar refractivity (Wildman–Crippen MR) is 69.9 cm³/mol. The summed E-state index contributed by atoms with van der Waals surface area (Å²) >= 11 is 0.645. The molecule has 7 nitrogen and oxygen atoms in total. The van der Waals surface area contributed by atoms with E-state index < -0.39 is 20.4 Å². The Labute approximate surface area is 114 Å². The molecule has 0 amide bonds. The number of aromatic nitrogens is 1. The predicted octanol–water partition coefficient (Wildman–Crippen LogP) is -0.435. The molecular weight excluding hydrogens is 292 g/mol. The average molecular weight is 308 g/mol. The third-order valence-electron chi connectivity index (χ3n) is 3.13. The third kappa shape index (κ3) is 3.06. The number of rotatable bonds is 4. The maximum Gasteiger partial charge on any atom is 0.305 e. The number of hydrogen-bond acceptors (Lipinski definition) is 6. The molecule has 0 bridgehead atoms. The molecule has 0 aliphatic carbocycles. The van der Waals surface area contributed by atoms with Crippen LogP contribution in [0.25, 0.3) is 0 Å². The van der Waals surface area contributed by atoms with Crippen LogP contribution in [-0.4, -0.2) is 43.9 Å². The van der Waals surface area contributed by atoms with Crippen LogP contribution in [0.15, 0.2) is 9.00 Å². The lowest BCUT2D eigenvalue weighted by Crippen LogP contribution is -2.54. The number of aliphatic hydroxyl groups excluding tert-OH is 1. The van der Waals surface area contributed by atoms with Crippen molar-refractivity contribution < 1.29 is 18.3 Å². The zero-order valence-electron chi connectivity index (χ0n) is 10.4. The molecule has 1 aliphatic rings. The Balaban J connectivity index is 2.30. The van der Waals surface area contributed by atoms with E-state index in [0.29, 0.717) is 43.1 Å². The van der Waals surface area contributed by atoms with Gasteiger partial charge in [-0.3, -0.25) is 4.79 Å². The lowest BCUT2D eigenvalue weighted by Gasteiger charge is -2.35. The van der Waals surface area contributed by atoms with Crippen LogP contribution in [0.4, 0.5) is 0 Å². The maximum atomic E-state index is 12.3. The molecule has 0 radical (unpaired) electrons. The molecular formula is C10H16N2O5S2. The van der Waals surface area contributed by atoms with Crippen molar-refractivity contribution in [2.24, 2.45) is 0 Å². The van der Waals surface area contributed by atoms with Gasteiger partial charge in [0, 0.05) is 18.9 Å². The summed E-state index contributed by atoms with van der Waals surface area (Å²) in [6, 6.07) is 0. The summed E-state index contributed by atoms with van der Waals surface area (Å²) in [5, 5.41) is 9.48. The molecule has 108 valence electrons. The number of aryl methyl sites for hydroxylation is 1. The van der Waals surface area contributed by atoms with Gasteiger partial charge in [-0.2, -0.15) is 0 Å². The van der Waals surface area contributed by atoms with Crippen molar-refractivity contribution in [3.63, 3.8) is 0 Å². The normalized spacial score (nSPS) is 19.5. The van der Waals surface area contributed by atoms with E-state index in [1.54, 1.807) is 0 Å². The SMILES string of the molecule is Cc1[nH]c(=O)sc1S(=O)(=O)NC1(CO)CCOCC1. The highest BCUT2D eigenvalue weighted by molar-refractivity contribution is 7.91. The fraction of sp³-hybridized carbons (Fsp3) is 0.700. The minimum absolute atomic E-state index is 0.0307. The van der Waals surface area contributed by atoms with Crippen LogP contribution in [-0.2, 0) is 14.8 Å². The first-order valence-corrected chi connectivity index (χ1v) is 8.11. The highest BCUT2D eigenvalue weighted by Gasteiger charge is 2.37. The summed E-state index contributed by atoms with van der Waals surface area (Å²) in [5.41, 5.74) is -0.598. The van der Waals surface area contributed by atoms with Crippen molar-refractivity contribution in [3.05, 3.63) is 15.4 Å². The molecule has 19 heavy (non-hydrogen) atoms. The second kappa shape index (κ2) is 5.33. The minimum atomic E-state index is -3.82. The molecule has 9 heteroatoms. The average Bonchev–Trinajstić information content (AvgIpc) is 2.70. The molecule has 1 aromatic rings. The number of sulfonamides is 1. The van der Waals surface area contributed by atoms with E-state index in [1.807, 2.05) is 0 Å². The Morgan fingerprint density at radius 2 is 2.11 bits per heavy atom. The Kier molecular flexibility index (Phi) is 4.11. The van der Waals surface area contributed by atoms with Gasteiger partial charge in [0.05, 0.1) is 12.1 Å². The number of aromatic amines is 1. The minimum Gasteiger partial charge on any atom is -0.394 e. The van der Waals surface area contributed by atoms with Crippen molar-refractivity contribution in [2.75, 3.05) is 19.8 Å². The molecule has 1 aliphatic heterocycles. The second-order valence-corrected chi connectivity index (χ2v) is 7.44. The van der Waals surface area contributed by atoms with Gasteiger partial charge in [0.15, 0.2) is 4.21 Å². The van der Waals surface area contributed by atoms with Gasteiger partial charge >= 0.3 is 4.87 Å². The number of thiazole rings is 1. The quantitative estimate of drug-likeness (QED) is 0.699. The van der Waals surface area contributed by atoms with Crippen LogP contribution < -0.4 is 9.60 Å². The van der Waals surface area contributed by atoms with E-state index in [1.165, 1.54) is 6.92 Å². The Morgan fingerprint density at radius 3 is 2.58 bits per heavy atom. The zero-order valence-corrected chi connectivity index (χ0v) is 12.1. The number of aliphatic hydroxyl groups is 1. The largest absolute Gasteiger partial charge is 0.394 e. The first kappa shape index (κ1) is 14.7. The van der Waals surface area contributed by atoms with Crippen LogP contribution in [0.2, 0.25) is 0 Å². The lowest BCUT2D eigenvalue weighted by molar-refractivity contribution is 0.0223. The number of nitrogens with one attached hydrogen (secondary N) is 2. The second-order valence-electron chi connectivity index (χ2n) is 4.58. The van der Waals surface area contributed by atoms with Gasteiger partial charge in [-0.25, -0.2) is 13.1 Å². The Hall–Kier alpha value is -0.740. The van der Waals surface area contributed by atoms with Crippen molar-refractivity contribution in [3.8, 4) is 0 Å². The van der Waals surface area contributed by atoms with Crippen LogP contribution in [0.3, 0.4) is 0 Å². The van der Waals surface area contributed by atoms with Gasteiger partial charge in [-0.05, 0) is 19.8 Å². The van der Waals surface area contributed by atoms with E-state index in [9.17, 15) is 18.3 Å². The van der Waals surface area contributed by atoms with Gasteiger partial charge < -0.3 is 14.8 Å². The maximum absolute atomic E-state index is 12.3. The smallest absolute Gasteiger partial charge is 0.305 e. The molecule has 1 aromatic heterocycles. The van der Waals surface area contributed by atoms with Gasteiger partial charge in [-0.15, -0.1) is 0 Å². The van der Waals surface area contributed by atoms with Gasteiger partial charge in [0.1, 0.15) is 0 Å². The van der Waals surface area contributed by atoms with Gasteiger partial charge in [-0.1, -0.05) is 11.3 Å². The molecule has 3 N–H and O–H groups in total. The lowest BCUT2D eigenvalue weighted by atomic mass is 9.93. The first-order valence-electron chi connectivity index (χ1n) is 5.81. The summed E-state index contributed by atoms with van der Waals surface area (Å²) in [5.74, 6) is 0. The first-order chi connectivity index (χ1) is 8.88. The van der Waals surface area contributed by atoms with Gasteiger partial charge in [0.25, 0.3) is 10.0 Å². The van der Waals surface area contributed by atoms with E-state index in [2.05, 4.69) is 9.71 Å². The third-order valence-corrected chi connectivity index (χ3v) is 6.31. The standard InChI is InChI=1S/C10H16N2O5S2/c1-7-8(18-9(14)11-7)19(15,16)12-10(6-13)2-4-17-5-3-10/h12-13H,2-6H2,1H3,(H,11,14). The molecule has 2 rings (SSSR count). The molecule has 0 unspecified atom stereocenters. The van der Waals surface area contributed by atoms with Crippen LogP contribution in [0.1, 0.15) is 18.5 Å². The van der Waals surface area contributed by atoms with E-state index in [-0.39, 0.29) is 10.8 Å². The molecule has 0 aromatic carbocycles. The van der Waals surface area contributed by atoms with Crippen LogP contribution in [0.5, 0.6) is 0 Å². The van der Waals surface area contributed by atoms with Gasteiger partial charge in [0.2, 0.25) is 0 Å². The van der Waals surface area contributed by atoms with Crippen molar-refractivity contribution in [2.45, 2.75) is 29.5 Å². The Morgan fingerprint density at radius 1 is 1.47 bits per heavy atom. The molecule has 0 atom stereocenters. The monoisotopic (exact) mass is 308 g/mol. The number of H-pyrrole nitrogens is 1. The highest BCUT2D eigenvalue weighted by Crippen LogP contribution is 2.25. The van der Waals surface area contributed by atoms with Crippen LogP contribution in [0, 0.1) is 6.92 Å². The fourth-order valence-corrected chi connectivity index (χ4v) is 4.79. The van der Waals surface area contributed by atoms with Crippen molar-refractivity contribution in [1.82, 2.24) is 9.71 Å². The zero-order chi connectivity index (χ0) is 14.1. The highest BCUT2D eigenvalue weighted by atomic mass is 32.2. The summed E-state index contributed by atoms with van der Waals surface area (Å²) < 4.78 is 32.2. The van der Waals surface area contributed by atoms with Crippen molar-refractivity contribution in [1.29, 1.82) is 0 Å². The number of ether oxygens (including phenoxy) is 1. The molecule has 0 spiro atoms. The molecule has 0 saturated carbocycles. The van der Waals surface area contributed by atoms with E-state index in [0.717, 1.165) is 0 Å². The number of hydrogen-bond donors (Lipinski definition) is 3. The molecule has 1 fully saturated rings. The van der Waals surface area contributed by atoms with Crippen LogP contribution >= 0.6 is 11.3 Å². The summed E-state index contributed by atoms with van der Waals surface area (Å²) in [7, 11) is -3.82. The summed E-state index contributed by atoms with van der Waals surface area (Å²) in [4.78, 5) is 13.2. The summed E-state index contributed by atoms with van der Waals surface area (Å²) in [6.07, 6.45) is 0.808. The molecule has 2 heterocycles. The topological polar surface area (TPSA) is 108 Å². The van der Waals surface area contributed by atoms with Crippen molar-refractivity contribution >= 4 is 21.4 Å². The Bertz CT molecular complexity index is 598. The van der Waals surface area contributed by atoms with E-state index >= 15 is 0 Å². The van der Waals surface area contributed by atoms with E-state index in [4.69, 9.17) is 4.74 Å². The molecule has 1 saturated heterocycles.